The third-order valence-electron chi connectivity index (χ3n) is 2.72. The predicted molar refractivity (Wildman–Crippen MR) is 49.4 cm³/mol. The summed E-state index contributed by atoms with van der Waals surface area (Å²) >= 11 is 0. The van der Waals surface area contributed by atoms with E-state index in [1.165, 1.54) is 31.6 Å². The van der Waals surface area contributed by atoms with E-state index < -0.39 is 0 Å². The molecule has 0 aromatic heterocycles. The van der Waals surface area contributed by atoms with Crippen LogP contribution in [0.4, 0.5) is 0 Å². The van der Waals surface area contributed by atoms with E-state index in [9.17, 15) is 0 Å². The van der Waals surface area contributed by atoms with Crippen LogP contribution in [0.1, 0.15) is 33.1 Å². The lowest BCUT2D eigenvalue weighted by Gasteiger charge is -2.19. The summed E-state index contributed by atoms with van der Waals surface area (Å²) in [6.45, 7) is 11.0. The average Bonchev–Trinajstić information content (AvgIpc) is 2.50. The highest BCUT2D eigenvalue weighted by molar-refractivity contribution is 4.96. The van der Waals surface area contributed by atoms with Crippen molar-refractivity contribution in [3.63, 3.8) is 0 Å². The second kappa shape index (κ2) is 3.80. The van der Waals surface area contributed by atoms with E-state index in [-0.39, 0.29) is 0 Å². The van der Waals surface area contributed by atoms with Gasteiger partial charge in [-0.25, -0.2) is 0 Å². The van der Waals surface area contributed by atoms with E-state index >= 15 is 0 Å². The van der Waals surface area contributed by atoms with Crippen molar-refractivity contribution in [2.45, 2.75) is 33.1 Å². The Morgan fingerprint density at radius 2 is 2.27 bits per heavy atom. The first kappa shape index (κ1) is 8.63. The van der Waals surface area contributed by atoms with Crippen LogP contribution in [0.5, 0.6) is 0 Å². The molecular weight excluding hydrogens is 134 g/mol. The molecule has 0 amide bonds. The van der Waals surface area contributed by atoms with Crippen molar-refractivity contribution < 1.29 is 0 Å². The van der Waals surface area contributed by atoms with E-state index in [4.69, 9.17) is 0 Å². The summed E-state index contributed by atoms with van der Waals surface area (Å²) in [5.41, 5.74) is 1.32. The van der Waals surface area contributed by atoms with Gasteiger partial charge in [-0.05, 0) is 18.8 Å². The number of nitrogens with zero attached hydrogens (tertiary/aromatic N) is 1. The van der Waals surface area contributed by atoms with Crippen molar-refractivity contribution in [1.82, 2.24) is 4.90 Å². The Morgan fingerprint density at radius 3 is 2.73 bits per heavy atom. The quantitative estimate of drug-likeness (QED) is 0.602. The molecule has 1 fully saturated rings. The second-order valence-electron chi connectivity index (χ2n) is 3.43. The monoisotopic (exact) mass is 153 g/mol. The van der Waals surface area contributed by atoms with Crippen LogP contribution in [-0.2, 0) is 0 Å². The molecule has 0 spiro atoms. The molecule has 1 atom stereocenters. The van der Waals surface area contributed by atoms with Crippen LogP contribution in [0.3, 0.4) is 0 Å². The molecule has 0 aliphatic carbocycles. The highest BCUT2D eigenvalue weighted by Crippen LogP contribution is 2.22. The third-order valence-corrected chi connectivity index (χ3v) is 2.72. The largest absolute Gasteiger partial charge is 0.375 e. The summed E-state index contributed by atoms with van der Waals surface area (Å²) in [6, 6.07) is 0. The average molecular weight is 153 g/mol. The van der Waals surface area contributed by atoms with Gasteiger partial charge in [0.05, 0.1) is 0 Å². The molecule has 11 heavy (non-hydrogen) atoms. The molecule has 0 aromatic rings. The van der Waals surface area contributed by atoms with Gasteiger partial charge in [0.1, 0.15) is 0 Å². The van der Waals surface area contributed by atoms with Gasteiger partial charge in [0.25, 0.3) is 0 Å². The molecular formula is C10H19N. The maximum atomic E-state index is 4.05. The lowest BCUT2D eigenvalue weighted by Crippen LogP contribution is -2.18. The van der Waals surface area contributed by atoms with Gasteiger partial charge in [-0.3, -0.25) is 0 Å². The molecule has 0 saturated carbocycles. The van der Waals surface area contributed by atoms with E-state index in [1.54, 1.807) is 0 Å². The molecule has 0 aromatic carbocycles. The SMILES string of the molecule is C=C(CC)N1CCC(CC)C1. The van der Waals surface area contributed by atoms with Gasteiger partial charge >= 0.3 is 0 Å². The summed E-state index contributed by atoms with van der Waals surface area (Å²) in [5.74, 6) is 0.929. The topological polar surface area (TPSA) is 3.24 Å². The fraction of sp³-hybridized carbons (Fsp3) is 0.800. The summed E-state index contributed by atoms with van der Waals surface area (Å²) < 4.78 is 0. The van der Waals surface area contributed by atoms with Crippen LogP contribution < -0.4 is 0 Å². The van der Waals surface area contributed by atoms with Crippen molar-refractivity contribution >= 4 is 0 Å². The maximum absolute atomic E-state index is 4.05. The molecule has 0 N–H and O–H groups in total. The van der Waals surface area contributed by atoms with Crippen molar-refractivity contribution in [2.75, 3.05) is 13.1 Å². The Labute approximate surface area is 70.1 Å². The highest BCUT2D eigenvalue weighted by Gasteiger charge is 2.20. The lowest BCUT2D eigenvalue weighted by molar-refractivity contribution is 0.391. The summed E-state index contributed by atoms with van der Waals surface area (Å²) in [6.07, 6.45) is 3.81. The molecule has 1 aliphatic heterocycles. The molecule has 1 nitrogen and oxygen atoms in total. The fourth-order valence-corrected chi connectivity index (χ4v) is 1.68. The van der Waals surface area contributed by atoms with Crippen molar-refractivity contribution in [3.8, 4) is 0 Å². The fourth-order valence-electron chi connectivity index (χ4n) is 1.68. The van der Waals surface area contributed by atoms with Crippen LogP contribution >= 0.6 is 0 Å². The smallest absolute Gasteiger partial charge is 0.0203 e. The van der Waals surface area contributed by atoms with Crippen LogP contribution in [0.25, 0.3) is 0 Å². The number of rotatable bonds is 3. The zero-order valence-corrected chi connectivity index (χ0v) is 7.77. The summed E-state index contributed by atoms with van der Waals surface area (Å²) in [4.78, 5) is 2.44. The zero-order valence-electron chi connectivity index (χ0n) is 7.77. The van der Waals surface area contributed by atoms with E-state index in [0.29, 0.717) is 0 Å². The van der Waals surface area contributed by atoms with Gasteiger partial charge in [0.15, 0.2) is 0 Å². The van der Waals surface area contributed by atoms with Gasteiger partial charge in [-0.1, -0.05) is 26.8 Å². The summed E-state index contributed by atoms with van der Waals surface area (Å²) in [7, 11) is 0. The highest BCUT2D eigenvalue weighted by atomic mass is 15.2. The summed E-state index contributed by atoms with van der Waals surface area (Å²) in [5, 5.41) is 0. The number of hydrogen-bond donors (Lipinski definition) is 0. The van der Waals surface area contributed by atoms with Crippen molar-refractivity contribution in [2.24, 2.45) is 5.92 Å². The molecule has 1 aliphatic rings. The lowest BCUT2D eigenvalue weighted by atomic mass is 10.1. The first-order chi connectivity index (χ1) is 5.27. The Balaban J connectivity index is 2.35. The van der Waals surface area contributed by atoms with Crippen LogP contribution in [0.15, 0.2) is 12.3 Å². The number of allylic oxidation sites excluding steroid dienone is 1. The molecule has 1 rings (SSSR count). The third kappa shape index (κ3) is 1.98. The number of hydrogen-bond acceptors (Lipinski definition) is 1. The standard InChI is InChI=1S/C10H19N/c1-4-9(3)11-7-6-10(5-2)8-11/h10H,3-8H2,1-2H3. The zero-order chi connectivity index (χ0) is 8.27. The van der Waals surface area contributed by atoms with Crippen molar-refractivity contribution in [3.05, 3.63) is 12.3 Å². The van der Waals surface area contributed by atoms with Gasteiger partial charge < -0.3 is 4.90 Å². The molecule has 1 heteroatoms. The van der Waals surface area contributed by atoms with Crippen LogP contribution in [-0.4, -0.2) is 18.0 Å². The Bertz CT molecular complexity index is 140. The van der Waals surface area contributed by atoms with Crippen molar-refractivity contribution in [1.29, 1.82) is 0 Å². The van der Waals surface area contributed by atoms with Gasteiger partial charge in [0, 0.05) is 18.8 Å². The second-order valence-corrected chi connectivity index (χ2v) is 3.43. The first-order valence-corrected chi connectivity index (χ1v) is 4.70. The maximum Gasteiger partial charge on any atom is 0.0203 e. The number of likely N-dealkylation sites (tertiary alicyclic amines) is 1. The predicted octanol–water partition coefficient (Wildman–Crippen LogP) is 2.64. The van der Waals surface area contributed by atoms with E-state index in [2.05, 4.69) is 25.3 Å². The van der Waals surface area contributed by atoms with Gasteiger partial charge in [-0.2, -0.15) is 0 Å². The molecule has 1 heterocycles. The van der Waals surface area contributed by atoms with Crippen LogP contribution in [0.2, 0.25) is 0 Å². The minimum absolute atomic E-state index is 0.929. The Hall–Kier alpha value is -0.460. The molecule has 64 valence electrons. The Kier molecular flexibility index (Phi) is 2.98. The molecule has 1 unspecified atom stereocenters. The molecule has 0 bridgehead atoms. The first-order valence-electron chi connectivity index (χ1n) is 4.70. The minimum atomic E-state index is 0.929. The van der Waals surface area contributed by atoms with E-state index in [0.717, 1.165) is 12.3 Å². The van der Waals surface area contributed by atoms with Gasteiger partial charge in [-0.15, -0.1) is 0 Å². The Morgan fingerprint density at radius 1 is 1.55 bits per heavy atom. The normalized spacial score (nSPS) is 24.2. The van der Waals surface area contributed by atoms with Gasteiger partial charge in [0.2, 0.25) is 0 Å². The minimum Gasteiger partial charge on any atom is -0.375 e. The molecule has 0 radical (unpaired) electrons. The molecule has 1 saturated heterocycles. The van der Waals surface area contributed by atoms with Crippen LogP contribution in [0, 0.1) is 5.92 Å². The van der Waals surface area contributed by atoms with E-state index in [1.807, 2.05) is 0 Å².